The van der Waals surface area contributed by atoms with Gasteiger partial charge in [0.2, 0.25) is 0 Å². The van der Waals surface area contributed by atoms with Crippen molar-refractivity contribution in [1.82, 2.24) is 4.90 Å². The van der Waals surface area contributed by atoms with Crippen LogP contribution in [0.25, 0.3) is 0 Å². The summed E-state index contributed by atoms with van der Waals surface area (Å²) in [7, 11) is 3.34. The van der Waals surface area contributed by atoms with Gasteiger partial charge < -0.3 is 19.1 Å². The van der Waals surface area contributed by atoms with Gasteiger partial charge in [0.05, 0.1) is 11.6 Å². The van der Waals surface area contributed by atoms with Gasteiger partial charge in [-0.2, -0.15) is 0 Å². The molecule has 0 N–H and O–H groups in total. The molecule has 0 fully saturated rings. The second kappa shape index (κ2) is 12.5. The first-order valence-electron chi connectivity index (χ1n) is 15.6. The standard InChI is InChI=1S/C37H46BrNO5/c1-22-10-11-24(14-23(22)2)21-44-35-26(38)15-25(16-31(35)43-8)32-33-27(17-36(3,4)19-29(33)40)39(12-9-13-42-7)28-18-37(5,6)20-30(41)34(28)32/h10-11,14-16,32H,9,12-13,17-21H2,1-8H3. The summed E-state index contributed by atoms with van der Waals surface area (Å²) >= 11 is 3.77. The summed E-state index contributed by atoms with van der Waals surface area (Å²) in [6.45, 7) is 14.6. The Morgan fingerprint density at radius 1 is 0.864 bits per heavy atom. The van der Waals surface area contributed by atoms with Crippen LogP contribution in [0.1, 0.15) is 88.0 Å². The molecular weight excluding hydrogens is 618 g/mol. The molecular formula is C37H46BrNO5. The number of hydrogen-bond donors (Lipinski definition) is 0. The van der Waals surface area contributed by atoms with Crippen LogP contribution < -0.4 is 9.47 Å². The quantitative estimate of drug-likeness (QED) is 0.251. The summed E-state index contributed by atoms with van der Waals surface area (Å²) in [5.41, 5.74) is 7.68. The van der Waals surface area contributed by atoms with Crippen LogP contribution >= 0.6 is 15.9 Å². The summed E-state index contributed by atoms with van der Waals surface area (Å²) in [6, 6.07) is 10.3. The summed E-state index contributed by atoms with van der Waals surface area (Å²) in [5.74, 6) is 0.948. The average molecular weight is 665 g/mol. The van der Waals surface area contributed by atoms with Crippen LogP contribution in [0.5, 0.6) is 11.5 Å². The summed E-state index contributed by atoms with van der Waals surface area (Å²) < 4.78 is 18.3. The Morgan fingerprint density at radius 2 is 1.48 bits per heavy atom. The zero-order chi connectivity index (χ0) is 32.0. The zero-order valence-corrected chi connectivity index (χ0v) is 29.1. The van der Waals surface area contributed by atoms with E-state index in [1.807, 2.05) is 12.1 Å². The number of ether oxygens (including phenoxy) is 3. The van der Waals surface area contributed by atoms with Crippen LogP contribution in [-0.2, 0) is 20.9 Å². The minimum atomic E-state index is -0.454. The monoisotopic (exact) mass is 663 g/mol. The normalized spacial score (nSPS) is 19.7. The molecule has 236 valence electrons. The van der Waals surface area contributed by atoms with Gasteiger partial charge in [-0.25, -0.2) is 0 Å². The molecule has 0 unspecified atom stereocenters. The van der Waals surface area contributed by atoms with Crippen molar-refractivity contribution in [2.24, 2.45) is 10.8 Å². The smallest absolute Gasteiger partial charge is 0.175 e. The van der Waals surface area contributed by atoms with Crippen molar-refractivity contribution in [2.75, 3.05) is 27.4 Å². The minimum Gasteiger partial charge on any atom is -0.493 e. The molecule has 0 bridgehead atoms. The number of allylic oxidation sites excluding steroid dienone is 4. The zero-order valence-electron chi connectivity index (χ0n) is 27.5. The average Bonchev–Trinajstić information content (AvgIpc) is 2.93. The first-order valence-corrected chi connectivity index (χ1v) is 16.4. The highest BCUT2D eigenvalue weighted by molar-refractivity contribution is 9.10. The Balaban J connectivity index is 1.63. The maximum Gasteiger partial charge on any atom is 0.175 e. The molecule has 0 atom stereocenters. The molecule has 0 saturated heterocycles. The van der Waals surface area contributed by atoms with Crippen molar-refractivity contribution < 1.29 is 23.8 Å². The van der Waals surface area contributed by atoms with Gasteiger partial charge in [-0.15, -0.1) is 0 Å². The van der Waals surface area contributed by atoms with Crippen LogP contribution in [-0.4, -0.2) is 43.8 Å². The van der Waals surface area contributed by atoms with Gasteiger partial charge in [0.15, 0.2) is 23.1 Å². The van der Waals surface area contributed by atoms with Crippen molar-refractivity contribution >= 4 is 27.5 Å². The van der Waals surface area contributed by atoms with E-state index in [0.29, 0.717) is 44.1 Å². The number of rotatable bonds is 9. The molecule has 0 radical (unpaired) electrons. The number of benzene rings is 2. The Bertz CT molecular complexity index is 1500. The summed E-state index contributed by atoms with van der Waals surface area (Å²) in [6.07, 6.45) is 3.26. The number of carbonyl (C=O) groups is 2. The molecule has 44 heavy (non-hydrogen) atoms. The number of carbonyl (C=O) groups excluding carboxylic acids is 2. The highest BCUT2D eigenvalue weighted by Gasteiger charge is 2.49. The topological polar surface area (TPSA) is 65.1 Å². The SMILES string of the molecule is COCCCN1C2=C(C(=O)CC(C)(C)C2)C(c2cc(Br)c(OCc3ccc(C)c(C)c3)c(OC)c2)C2=C1CC(C)(C)CC2=O. The van der Waals surface area contributed by atoms with Gasteiger partial charge in [0.1, 0.15) is 6.61 Å². The number of hydrogen-bond acceptors (Lipinski definition) is 6. The second-order valence-electron chi connectivity index (χ2n) is 14.3. The lowest BCUT2D eigenvalue weighted by Crippen LogP contribution is -2.44. The lowest BCUT2D eigenvalue weighted by Gasteiger charge is -2.49. The largest absolute Gasteiger partial charge is 0.493 e. The highest BCUT2D eigenvalue weighted by atomic mass is 79.9. The lowest BCUT2D eigenvalue weighted by atomic mass is 9.63. The first kappa shape index (κ1) is 32.5. The van der Waals surface area contributed by atoms with Crippen LogP contribution in [0.3, 0.4) is 0 Å². The molecule has 3 aliphatic rings. The van der Waals surface area contributed by atoms with Crippen molar-refractivity contribution in [1.29, 1.82) is 0 Å². The molecule has 0 saturated carbocycles. The Morgan fingerprint density at radius 3 is 2.02 bits per heavy atom. The molecule has 6 nitrogen and oxygen atoms in total. The van der Waals surface area contributed by atoms with E-state index in [-0.39, 0.29) is 22.4 Å². The highest BCUT2D eigenvalue weighted by Crippen LogP contribution is 2.55. The third kappa shape index (κ3) is 6.41. The van der Waals surface area contributed by atoms with Crippen LogP contribution in [0.15, 0.2) is 57.3 Å². The molecule has 2 aromatic carbocycles. The second-order valence-corrected chi connectivity index (χ2v) is 15.1. The molecule has 2 aromatic rings. The van der Waals surface area contributed by atoms with E-state index in [9.17, 15) is 9.59 Å². The van der Waals surface area contributed by atoms with E-state index in [1.54, 1.807) is 14.2 Å². The maximum absolute atomic E-state index is 14.1. The maximum atomic E-state index is 14.1. The van der Waals surface area contributed by atoms with Gasteiger partial charge >= 0.3 is 0 Å². The van der Waals surface area contributed by atoms with Crippen molar-refractivity contribution in [3.8, 4) is 11.5 Å². The fourth-order valence-electron chi connectivity index (χ4n) is 7.11. The molecule has 0 spiro atoms. The number of Topliss-reactive ketones (excluding diaryl/α,β-unsaturated/α-hetero) is 2. The number of nitrogens with zero attached hydrogens (tertiary/aromatic N) is 1. The molecule has 5 rings (SSSR count). The lowest BCUT2D eigenvalue weighted by molar-refractivity contribution is -0.119. The summed E-state index contributed by atoms with van der Waals surface area (Å²) in [5, 5.41) is 0. The van der Waals surface area contributed by atoms with E-state index in [0.717, 1.165) is 57.4 Å². The summed E-state index contributed by atoms with van der Waals surface area (Å²) in [4.78, 5) is 30.5. The van der Waals surface area contributed by atoms with E-state index >= 15 is 0 Å². The van der Waals surface area contributed by atoms with Gasteiger partial charge in [-0.3, -0.25) is 9.59 Å². The Hall–Kier alpha value is -2.90. The van der Waals surface area contributed by atoms with E-state index in [2.05, 4.69) is 80.6 Å². The van der Waals surface area contributed by atoms with Gasteiger partial charge in [0.25, 0.3) is 0 Å². The molecule has 0 amide bonds. The molecule has 1 heterocycles. The Kier molecular flexibility index (Phi) is 9.21. The number of methoxy groups -OCH3 is 2. The third-order valence-electron chi connectivity index (χ3n) is 9.29. The van der Waals surface area contributed by atoms with E-state index in [1.165, 1.54) is 11.1 Å². The van der Waals surface area contributed by atoms with Crippen molar-refractivity contribution in [3.05, 3.63) is 79.6 Å². The number of halogens is 1. The van der Waals surface area contributed by atoms with Crippen LogP contribution in [0.2, 0.25) is 0 Å². The Labute approximate surface area is 271 Å². The minimum absolute atomic E-state index is 0.118. The number of ketones is 2. The fourth-order valence-corrected chi connectivity index (χ4v) is 7.69. The molecule has 0 aromatic heterocycles. The number of aryl methyl sites for hydroxylation is 2. The van der Waals surface area contributed by atoms with Gasteiger partial charge in [0, 0.05) is 61.6 Å². The third-order valence-corrected chi connectivity index (χ3v) is 9.88. The predicted octanol–water partition coefficient (Wildman–Crippen LogP) is 8.38. The van der Waals surface area contributed by atoms with Crippen LogP contribution in [0.4, 0.5) is 0 Å². The molecule has 1 aliphatic heterocycles. The van der Waals surface area contributed by atoms with Gasteiger partial charge in [-0.05, 0) is 94.3 Å². The molecule has 7 heteroatoms. The van der Waals surface area contributed by atoms with Crippen LogP contribution in [0, 0.1) is 24.7 Å². The van der Waals surface area contributed by atoms with E-state index in [4.69, 9.17) is 14.2 Å². The first-order chi connectivity index (χ1) is 20.7. The van der Waals surface area contributed by atoms with Gasteiger partial charge in [-0.1, -0.05) is 45.9 Å². The van der Waals surface area contributed by atoms with E-state index < -0.39 is 5.92 Å². The van der Waals surface area contributed by atoms with Crippen molar-refractivity contribution in [2.45, 2.75) is 86.2 Å². The fraction of sp³-hybridized carbons (Fsp3) is 0.514. The molecule has 2 aliphatic carbocycles. The van der Waals surface area contributed by atoms with Crippen molar-refractivity contribution in [3.63, 3.8) is 0 Å². The predicted molar refractivity (Wildman–Crippen MR) is 177 cm³/mol.